The molecule has 0 aromatic carbocycles. The zero-order valence-electron chi connectivity index (χ0n) is 17.2. The second kappa shape index (κ2) is 8.13. The van der Waals surface area contributed by atoms with Crippen molar-refractivity contribution in [3.05, 3.63) is 0 Å². The minimum Gasteiger partial charge on any atom is -0.0604 e. The van der Waals surface area contributed by atoms with Gasteiger partial charge in [-0.05, 0) is 85.9 Å². The van der Waals surface area contributed by atoms with Crippen molar-refractivity contribution in [1.29, 1.82) is 0 Å². The zero-order chi connectivity index (χ0) is 17.2. The van der Waals surface area contributed by atoms with Crippen molar-refractivity contribution < 1.29 is 0 Å². The van der Waals surface area contributed by atoms with Gasteiger partial charge < -0.3 is 0 Å². The van der Waals surface area contributed by atoms with Crippen LogP contribution in [-0.4, -0.2) is 0 Å². The second-order valence-corrected chi connectivity index (χ2v) is 11.3. The van der Waals surface area contributed by atoms with Gasteiger partial charge in [0.1, 0.15) is 0 Å². The molecular weight excluding hydrogens is 288 g/mol. The first-order valence-electron chi connectivity index (χ1n) is 11.4. The fourth-order valence-corrected chi connectivity index (χ4v) is 6.69. The van der Waals surface area contributed by atoms with Gasteiger partial charge >= 0.3 is 0 Å². The zero-order valence-corrected chi connectivity index (χ0v) is 17.2. The molecule has 0 heterocycles. The van der Waals surface area contributed by atoms with Crippen LogP contribution in [0.25, 0.3) is 0 Å². The normalized spacial score (nSPS) is 42.0. The van der Waals surface area contributed by atoms with Crippen LogP contribution in [0.3, 0.4) is 0 Å². The molecular formula is C24H44. The summed E-state index contributed by atoms with van der Waals surface area (Å²) in [5.74, 6) is 6.93. The molecule has 0 N–H and O–H groups in total. The Labute approximate surface area is 152 Å². The first-order valence-corrected chi connectivity index (χ1v) is 11.4. The summed E-state index contributed by atoms with van der Waals surface area (Å²) in [4.78, 5) is 0. The van der Waals surface area contributed by atoms with E-state index in [2.05, 4.69) is 27.7 Å². The highest BCUT2D eigenvalue weighted by Gasteiger charge is 2.42. The molecule has 0 heteroatoms. The van der Waals surface area contributed by atoms with E-state index in [1.807, 2.05) is 0 Å². The molecule has 4 aliphatic rings. The van der Waals surface area contributed by atoms with E-state index in [0.717, 1.165) is 35.5 Å². The average Bonchev–Trinajstić information content (AvgIpc) is 3.12. The molecule has 0 amide bonds. The molecule has 0 spiro atoms. The first-order chi connectivity index (χ1) is 11.4. The van der Waals surface area contributed by atoms with Crippen molar-refractivity contribution in [3.63, 3.8) is 0 Å². The molecule has 140 valence electrons. The lowest BCUT2D eigenvalue weighted by atomic mass is 9.72. The van der Waals surface area contributed by atoms with Gasteiger partial charge in [0, 0.05) is 0 Å². The van der Waals surface area contributed by atoms with Gasteiger partial charge in [-0.2, -0.15) is 0 Å². The molecule has 0 nitrogen and oxygen atoms in total. The van der Waals surface area contributed by atoms with Gasteiger partial charge in [-0.25, -0.2) is 0 Å². The van der Waals surface area contributed by atoms with E-state index in [4.69, 9.17) is 0 Å². The van der Waals surface area contributed by atoms with E-state index >= 15 is 0 Å². The molecule has 6 atom stereocenters. The maximum absolute atomic E-state index is 2.19. The third kappa shape index (κ3) is 5.01. The number of rotatable bonds is 2. The summed E-state index contributed by atoms with van der Waals surface area (Å²) in [6.45, 7) is 8.75. The minimum absolute atomic E-state index is 0.500. The molecule has 4 fully saturated rings. The van der Waals surface area contributed by atoms with Gasteiger partial charge in [0.2, 0.25) is 0 Å². The van der Waals surface area contributed by atoms with Gasteiger partial charge in [0.25, 0.3) is 0 Å². The molecule has 0 saturated heterocycles. The summed E-state index contributed by atoms with van der Waals surface area (Å²) >= 11 is 0. The molecule has 0 aliphatic heterocycles. The summed E-state index contributed by atoms with van der Waals surface area (Å²) in [5.41, 5.74) is 0.500. The summed E-state index contributed by atoms with van der Waals surface area (Å²) in [6, 6.07) is 0. The fourth-order valence-electron chi connectivity index (χ4n) is 6.69. The average molecular weight is 333 g/mol. The lowest BCUT2D eigenvalue weighted by Crippen LogP contribution is -2.24. The van der Waals surface area contributed by atoms with Crippen molar-refractivity contribution in [3.8, 4) is 0 Å². The lowest BCUT2D eigenvalue weighted by molar-refractivity contribution is 0.164. The topological polar surface area (TPSA) is 0 Å². The summed E-state index contributed by atoms with van der Waals surface area (Å²) in [5, 5.41) is 0. The molecule has 0 bridgehead atoms. The van der Waals surface area contributed by atoms with Gasteiger partial charge in [0.05, 0.1) is 0 Å². The molecule has 6 unspecified atom stereocenters. The van der Waals surface area contributed by atoms with Crippen LogP contribution in [0.15, 0.2) is 0 Å². The number of fused-ring (bicyclic) bond motifs is 2. The molecule has 24 heavy (non-hydrogen) atoms. The van der Waals surface area contributed by atoms with Gasteiger partial charge in [-0.3, -0.25) is 0 Å². The Morgan fingerprint density at radius 1 is 0.542 bits per heavy atom. The standard InChI is InChI=1S/C19H32.C5H12/c1-3-7-18-14(5-1)9-11-16(18)13-17-12-10-15-6-2-4-8-19(15)17;1-5(2,3)4/h14-19H,1-13H2;1-4H3. The predicted octanol–water partition coefficient (Wildman–Crippen LogP) is 7.86. The van der Waals surface area contributed by atoms with Crippen LogP contribution in [0.1, 0.15) is 111 Å². The fraction of sp³-hybridized carbons (Fsp3) is 1.00. The highest BCUT2D eigenvalue weighted by atomic mass is 14.5. The van der Waals surface area contributed by atoms with Crippen molar-refractivity contribution in [2.24, 2.45) is 40.9 Å². The summed E-state index contributed by atoms with van der Waals surface area (Å²) < 4.78 is 0. The van der Waals surface area contributed by atoms with Crippen LogP contribution in [0.5, 0.6) is 0 Å². The predicted molar refractivity (Wildman–Crippen MR) is 106 cm³/mol. The Hall–Kier alpha value is 0. The first kappa shape index (κ1) is 18.8. The highest BCUT2D eigenvalue weighted by molar-refractivity contribution is 4.93. The van der Waals surface area contributed by atoms with Crippen LogP contribution >= 0.6 is 0 Å². The Morgan fingerprint density at radius 2 is 0.917 bits per heavy atom. The van der Waals surface area contributed by atoms with E-state index in [9.17, 15) is 0 Å². The number of hydrogen-bond donors (Lipinski definition) is 0. The van der Waals surface area contributed by atoms with Gasteiger partial charge in [-0.1, -0.05) is 66.2 Å². The van der Waals surface area contributed by atoms with Crippen LogP contribution in [0.2, 0.25) is 0 Å². The Balaban J connectivity index is 0.000000300. The third-order valence-electron chi connectivity index (χ3n) is 7.57. The SMILES string of the molecule is C1CCC2C(C1)CCC2CC1CCC2CCCCC21.CC(C)(C)C. The van der Waals surface area contributed by atoms with Crippen molar-refractivity contribution in [2.75, 3.05) is 0 Å². The van der Waals surface area contributed by atoms with Crippen LogP contribution in [0, 0.1) is 40.9 Å². The van der Waals surface area contributed by atoms with Crippen molar-refractivity contribution >= 4 is 0 Å². The Bertz CT molecular complexity index is 340. The Morgan fingerprint density at radius 3 is 1.33 bits per heavy atom. The summed E-state index contributed by atoms with van der Waals surface area (Å²) in [7, 11) is 0. The van der Waals surface area contributed by atoms with Crippen LogP contribution in [-0.2, 0) is 0 Å². The molecule has 4 saturated carbocycles. The maximum atomic E-state index is 2.19. The molecule has 4 rings (SSSR count). The van der Waals surface area contributed by atoms with Gasteiger partial charge in [-0.15, -0.1) is 0 Å². The molecule has 0 radical (unpaired) electrons. The van der Waals surface area contributed by atoms with E-state index in [-0.39, 0.29) is 0 Å². The minimum atomic E-state index is 0.500. The Kier molecular flexibility index (Phi) is 6.36. The maximum Gasteiger partial charge on any atom is -0.0357 e. The summed E-state index contributed by atoms with van der Waals surface area (Å²) in [6.07, 6.45) is 20.6. The van der Waals surface area contributed by atoms with E-state index < -0.39 is 0 Å². The highest BCUT2D eigenvalue weighted by Crippen LogP contribution is 2.53. The molecule has 0 aromatic heterocycles. The second-order valence-electron chi connectivity index (χ2n) is 11.3. The monoisotopic (exact) mass is 332 g/mol. The van der Waals surface area contributed by atoms with E-state index in [0.29, 0.717) is 5.41 Å². The lowest BCUT2D eigenvalue weighted by Gasteiger charge is -2.34. The molecule has 4 aliphatic carbocycles. The quantitative estimate of drug-likeness (QED) is 0.482. The van der Waals surface area contributed by atoms with Gasteiger partial charge in [0.15, 0.2) is 0 Å². The van der Waals surface area contributed by atoms with Crippen LogP contribution < -0.4 is 0 Å². The van der Waals surface area contributed by atoms with Crippen molar-refractivity contribution in [1.82, 2.24) is 0 Å². The number of hydrogen-bond acceptors (Lipinski definition) is 0. The largest absolute Gasteiger partial charge is 0.0604 e. The van der Waals surface area contributed by atoms with Crippen LogP contribution in [0.4, 0.5) is 0 Å². The molecule has 0 aromatic rings. The van der Waals surface area contributed by atoms with E-state index in [1.54, 1.807) is 83.5 Å². The van der Waals surface area contributed by atoms with E-state index in [1.165, 1.54) is 0 Å². The third-order valence-corrected chi connectivity index (χ3v) is 7.57. The van der Waals surface area contributed by atoms with Crippen molar-refractivity contribution in [2.45, 2.75) is 111 Å². The smallest absolute Gasteiger partial charge is 0.0357 e.